The van der Waals surface area contributed by atoms with Gasteiger partial charge in [-0.15, -0.1) is 12.4 Å². The maximum atomic E-state index is 4.88. The van der Waals surface area contributed by atoms with Crippen molar-refractivity contribution in [3.63, 3.8) is 0 Å². The van der Waals surface area contributed by atoms with Crippen LogP contribution in [0.3, 0.4) is 0 Å². The van der Waals surface area contributed by atoms with Crippen LogP contribution < -0.4 is 0 Å². The molecule has 6 nitrogen and oxygen atoms in total. The van der Waals surface area contributed by atoms with Crippen LogP contribution in [0, 0.1) is 23.7 Å². The second-order valence-electron chi connectivity index (χ2n) is 10.1. The van der Waals surface area contributed by atoms with Crippen LogP contribution in [0.25, 0.3) is 0 Å². The molecule has 0 spiro atoms. The Morgan fingerprint density at radius 1 is 0.690 bits per heavy atom. The molecule has 0 amide bonds. The van der Waals surface area contributed by atoms with Gasteiger partial charge < -0.3 is 9.80 Å². The Kier molecular flexibility index (Phi) is 10.6. The summed E-state index contributed by atoms with van der Waals surface area (Å²) in [6.45, 7) is 21.8. The first kappa shape index (κ1) is 25.9. The summed E-state index contributed by atoms with van der Waals surface area (Å²) in [5.41, 5.74) is 0. The average Bonchev–Trinajstić information content (AvgIpc) is 3.07. The molecular weight excluding hydrogens is 384 g/mol. The fourth-order valence-corrected chi connectivity index (χ4v) is 3.81. The molecule has 168 valence electrons. The molecule has 0 saturated carbocycles. The van der Waals surface area contributed by atoms with Gasteiger partial charge in [0.2, 0.25) is 0 Å². The molecule has 2 aliphatic heterocycles. The predicted molar refractivity (Wildman–Crippen MR) is 126 cm³/mol. The number of rotatable bonds is 10. The third kappa shape index (κ3) is 8.61. The van der Waals surface area contributed by atoms with Gasteiger partial charge in [-0.3, -0.25) is 0 Å². The van der Waals surface area contributed by atoms with E-state index >= 15 is 0 Å². The van der Waals surface area contributed by atoms with Crippen molar-refractivity contribution >= 4 is 24.1 Å². The number of hydrogen-bond donors (Lipinski definition) is 0. The van der Waals surface area contributed by atoms with Gasteiger partial charge >= 0.3 is 0 Å². The van der Waals surface area contributed by atoms with Crippen LogP contribution in [-0.4, -0.2) is 60.0 Å². The second-order valence-corrected chi connectivity index (χ2v) is 10.1. The van der Waals surface area contributed by atoms with E-state index in [1.807, 2.05) is 0 Å². The summed E-state index contributed by atoms with van der Waals surface area (Å²) in [6.07, 6.45) is 1.88. The van der Waals surface area contributed by atoms with Crippen LogP contribution in [0.5, 0.6) is 0 Å². The lowest BCUT2D eigenvalue weighted by Gasteiger charge is -2.23. The monoisotopic (exact) mass is 426 g/mol. The molecule has 0 bridgehead atoms. The number of hydrogen-bond acceptors (Lipinski definition) is 6. The standard InChI is InChI=1S/C22H42N6.ClH/c1-15(2)9-21-23-19(13-27(21)11-17(5)6)25-26-20-14-28(12-18(7)8)22(24-20)10-16(3)4;/h15-20H,9-14H2,1-8H3;1H/b26-25+;. The van der Waals surface area contributed by atoms with E-state index in [1.54, 1.807) is 0 Å². The molecule has 29 heavy (non-hydrogen) atoms. The highest BCUT2D eigenvalue weighted by molar-refractivity contribution is 5.85. The molecule has 0 aliphatic carbocycles. The summed E-state index contributed by atoms with van der Waals surface area (Å²) in [4.78, 5) is 14.6. The van der Waals surface area contributed by atoms with Gasteiger partial charge in [-0.25, -0.2) is 9.98 Å². The first-order valence-electron chi connectivity index (χ1n) is 11.2. The van der Waals surface area contributed by atoms with Crippen LogP contribution >= 0.6 is 12.4 Å². The van der Waals surface area contributed by atoms with Crippen LogP contribution in [-0.2, 0) is 0 Å². The van der Waals surface area contributed by atoms with Gasteiger partial charge in [0.25, 0.3) is 0 Å². The van der Waals surface area contributed by atoms with E-state index in [2.05, 4.69) is 75.4 Å². The highest BCUT2D eigenvalue weighted by atomic mass is 35.5. The number of amidine groups is 2. The Morgan fingerprint density at radius 3 is 1.31 bits per heavy atom. The Hall–Kier alpha value is -1.17. The van der Waals surface area contributed by atoms with Crippen LogP contribution in [0.4, 0.5) is 0 Å². The lowest BCUT2D eigenvalue weighted by molar-refractivity contribution is 0.352. The average molecular weight is 427 g/mol. The highest BCUT2D eigenvalue weighted by Crippen LogP contribution is 2.21. The van der Waals surface area contributed by atoms with Crippen molar-refractivity contribution in [1.82, 2.24) is 9.80 Å². The molecule has 2 unspecified atom stereocenters. The SMILES string of the molecule is CC(C)CC1=NC(/N=N/C2CN(CC(C)C)C(CC(C)C)=N2)CN1CC(C)C.Cl. The summed E-state index contributed by atoms with van der Waals surface area (Å²) in [5.74, 6) is 4.85. The predicted octanol–water partition coefficient (Wildman–Crippen LogP) is 5.35. The number of nitrogens with zero attached hydrogens (tertiary/aromatic N) is 6. The normalized spacial score (nSPS) is 22.5. The minimum Gasteiger partial charge on any atom is -0.356 e. The Morgan fingerprint density at radius 2 is 1.03 bits per heavy atom. The lowest BCUT2D eigenvalue weighted by atomic mass is 10.1. The number of azo groups is 1. The van der Waals surface area contributed by atoms with E-state index in [9.17, 15) is 0 Å². The van der Waals surface area contributed by atoms with Crippen molar-refractivity contribution in [2.75, 3.05) is 26.2 Å². The molecule has 7 heteroatoms. The van der Waals surface area contributed by atoms with E-state index in [0.29, 0.717) is 23.7 Å². The molecule has 0 radical (unpaired) electrons. The van der Waals surface area contributed by atoms with Gasteiger partial charge in [-0.2, -0.15) is 10.2 Å². The molecule has 2 aliphatic rings. The Balaban J connectivity index is 0.00000420. The topological polar surface area (TPSA) is 55.9 Å². The van der Waals surface area contributed by atoms with Gasteiger partial charge in [0, 0.05) is 25.9 Å². The van der Waals surface area contributed by atoms with Gasteiger partial charge in [-0.05, 0) is 23.7 Å². The van der Waals surface area contributed by atoms with E-state index in [-0.39, 0.29) is 24.7 Å². The number of halogens is 1. The summed E-state index contributed by atoms with van der Waals surface area (Å²) in [6, 6.07) is 0. The summed E-state index contributed by atoms with van der Waals surface area (Å²) in [7, 11) is 0. The van der Waals surface area contributed by atoms with E-state index in [0.717, 1.165) is 39.0 Å². The fourth-order valence-electron chi connectivity index (χ4n) is 3.81. The maximum absolute atomic E-state index is 4.88. The first-order chi connectivity index (χ1) is 13.1. The van der Waals surface area contributed by atoms with Crippen molar-refractivity contribution < 1.29 is 0 Å². The van der Waals surface area contributed by atoms with Crippen LogP contribution in [0.15, 0.2) is 20.2 Å². The maximum Gasteiger partial charge on any atom is 0.179 e. The minimum atomic E-state index is -0.0737. The number of aliphatic imine (C=N–C) groups is 2. The third-order valence-corrected chi connectivity index (χ3v) is 4.78. The Labute approximate surface area is 184 Å². The zero-order valence-electron chi connectivity index (χ0n) is 19.8. The molecule has 0 aromatic heterocycles. The molecule has 2 atom stereocenters. The third-order valence-electron chi connectivity index (χ3n) is 4.78. The second kappa shape index (κ2) is 11.9. The quantitative estimate of drug-likeness (QED) is 0.442. The van der Waals surface area contributed by atoms with Gasteiger partial charge in [0.15, 0.2) is 12.3 Å². The highest BCUT2D eigenvalue weighted by Gasteiger charge is 2.28. The summed E-state index contributed by atoms with van der Waals surface area (Å²) in [5, 5.41) is 9.22. The van der Waals surface area contributed by atoms with Crippen molar-refractivity contribution in [2.45, 2.75) is 80.6 Å². The molecule has 0 aromatic rings. The van der Waals surface area contributed by atoms with Crippen LogP contribution in [0.1, 0.15) is 68.2 Å². The lowest BCUT2D eigenvalue weighted by Crippen LogP contribution is -2.33. The molecule has 0 N–H and O–H groups in total. The molecule has 0 aromatic carbocycles. The molecule has 2 heterocycles. The van der Waals surface area contributed by atoms with Crippen LogP contribution in [0.2, 0.25) is 0 Å². The van der Waals surface area contributed by atoms with E-state index in [1.165, 1.54) is 11.7 Å². The van der Waals surface area contributed by atoms with E-state index in [4.69, 9.17) is 9.98 Å². The molecule has 0 fully saturated rings. The smallest absolute Gasteiger partial charge is 0.179 e. The van der Waals surface area contributed by atoms with Crippen molar-refractivity contribution in [2.24, 2.45) is 43.9 Å². The van der Waals surface area contributed by atoms with Crippen molar-refractivity contribution in [3.05, 3.63) is 0 Å². The summed E-state index contributed by atoms with van der Waals surface area (Å²) >= 11 is 0. The minimum absolute atomic E-state index is 0. The van der Waals surface area contributed by atoms with Crippen molar-refractivity contribution in [3.8, 4) is 0 Å². The largest absolute Gasteiger partial charge is 0.356 e. The zero-order chi connectivity index (χ0) is 20.8. The zero-order valence-corrected chi connectivity index (χ0v) is 20.6. The summed E-state index contributed by atoms with van der Waals surface area (Å²) < 4.78 is 0. The fraction of sp³-hybridized carbons (Fsp3) is 0.909. The first-order valence-corrected chi connectivity index (χ1v) is 11.2. The van der Waals surface area contributed by atoms with Gasteiger partial charge in [0.05, 0.1) is 13.1 Å². The van der Waals surface area contributed by atoms with Gasteiger partial charge in [-0.1, -0.05) is 55.4 Å². The van der Waals surface area contributed by atoms with Crippen molar-refractivity contribution in [1.29, 1.82) is 0 Å². The van der Waals surface area contributed by atoms with E-state index < -0.39 is 0 Å². The Bertz CT molecular complexity index is 532. The molecule has 0 saturated heterocycles. The molecular formula is C22H43ClN6. The molecule has 2 rings (SSSR count). The van der Waals surface area contributed by atoms with Gasteiger partial charge in [0.1, 0.15) is 11.7 Å².